The highest BCUT2D eigenvalue weighted by Crippen LogP contribution is 2.59. The number of rotatable bonds is 4. The van der Waals surface area contributed by atoms with E-state index in [4.69, 9.17) is 0 Å². The van der Waals surface area contributed by atoms with Crippen molar-refractivity contribution < 1.29 is 14.7 Å². The van der Waals surface area contributed by atoms with Gasteiger partial charge in [0.15, 0.2) is 0 Å². The number of amides is 1. The van der Waals surface area contributed by atoms with Crippen molar-refractivity contribution in [3.8, 4) is 0 Å². The Morgan fingerprint density at radius 3 is 1.96 bits per heavy atom. The van der Waals surface area contributed by atoms with E-state index in [1.807, 2.05) is 0 Å². The summed E-state index contributed by atoms with van der Waals surface area (Å²) < 4.78 is 0. The highest BCUT2D eigenvalue weighted by Gasteiger charge is 2.51. The van der Waals surface area contributed by atoms with Gasteiger partial charge in [0.2, 0.25) is 5.91 Å². The van der Waals surface area contributed by atoms with Gasteiger partial charge in [-0.1, -0.05) is 12.8 Å². The third kappa shape index (κ3) is 2.89. The van der Waals surface area contributed by atoms with Crippen LogP contribution < -0.4 is 5.32 Å². The average molecular weight is 319 g/mol. The van der Waals surface area contributed by atoms with E-state index in [1.54, 1.807) is 0 Å². The summed E-state index contributed by atoms with van der Waals surface area (Å²) in [6.45, 7) is 0.790. The molecular formula is C19H29NO3. The Bertz CT molecular complexity index is 466. The smallest absolute Gasteiger partial charge is 0.307 e. The number of carbonyl (C=O) groups is 2. The van der Waals surface area contributed by atoms with Gasteiger partial charge in [0.25, 0.3) is 0 Å². The molecular weight excluding hydrogens is 290 g/mol. The van der Waals surface area contributed by atoms with Crippen LogP contribution in [0.2, 0.25) is 0 Å². The molecule has 0 spiro atoms. The van der Waals surface area contributed by atoms with Gasteiger partial charge in [-0.15, -0.1) is 0 Å². The Labute approximate surface area is 138 Å². The molecule has 2 unspecified atom stereocenters. The Kier molecular flexibility index (Phi) is 3.89. The van der Waals surface area contributed by atoms with Crippen LogP contribution >= 0.6 is 0 Å². The van der Waals surface area contributed by atoms with Gasteiger partial charge in [-0.05, 0) is 74.5 Å². The van der Waals surface area contributed by atoms with Gasteiger partial charge in [-0.3, -0.25) is 9.59 Å². The second kappa shape index (κ2) is 5.78. The maximum atomic E-state index is 12.6. The summed E-state index contributed by atoms with van der Waals surface area (Å²) in [6.07, 6.45) is 11.4. The van der Waals surface area contributed by atoms with Crippen LogP contribution in [0.1, 0.15) is 64.2 Å². The molecule has 23 heavy (non-hydrogen) atoms. The molecule has 2 N–H and O–H groups in total. The number of carboxylic acid groups (broad SMARTS) is 1. The Morgan fingerprint density at radius 1 is 0.913 bits per heavy atom. The summed E-state index contributed by atoms with van der Waals surface area (Å²) in [6, 6.07) is 0. The van der Waals surface area contributed by atoms with Crippen molar-refractivity contribution in [2.24, 2.45) is 35.0 Å². The fourth-order valence-corrected chi connectivity index (χ4v) is 6.65. The van der Waals surface area contributed by atoms with E-state index in [1.165, 1.54) is 38.5 Å². The van der Waals surface area contributed by atoms with Crippen molar-refractivity contribution >= 4 is 11.9 Å². The molecule has 1 amide bonds. The van der Waals surface area contributed by atoms with Gasteiger partial charge in [-0.25, -0.2) is 0 Å². The summed E-state index contributed by atoms with van der Waals surface area (Å²) in [4.78, 5) is 24.0. The monoisotopic (exact) mass is 319 g/mol. The highest BCUT2D eigenvalue weighted by atomic mass is 16.4. The first-order chi connectivity index (χ1) is 11.0. The largest absolute Gasteiger partial charge is 0.481 e. The molecule has 2 atom stereocenters. The lowest BCUT2D eigenvalue weighted by atomic mass is 9.49. The molecule has 0 aromatic rings. The van der Waals surface area contributed by atoms with Crippen molar-refractivity contribution in [1.29, 1.82) is 0 Å². The zero-order valence-electron chi connectivity index (χ0n) is 13.9. The third-order valence-electron chi connectivity index (χ3n) is 7.22. The summed E-state index contributed by atoms with van der Waals surface area (Å²) >= 11 is 0. The molecule has 0 aliphatic heterocycles. The van der Waals surface area contributed by atoms with Gasteiger partial charge in [0.05, 0.1) is 11.8 Å². The third-order valence-corrected chi connectivity index (χ3v) is 7.22. The lowest BCUT2D eigenvalue weighted by Gasteiger charge is -2.57. The average Bonchev–Trinajstić information content (AvgIpc) is 2.51. The molecule has 5 rings (SSSR count). The van der Waals surface area contributed by atoms with E-state index in [9.17, 15) is 14.7 Å². The van der Waals surface area contributed by atoms with Gasteiger partial charge in [0, 0.05) is 6.54 Å². The van der Waals surface area contributed by atoms with E-state index in [-0.39, 0.29) is 11.8 Å². The zero-order chi connectivity index (χ0) is 16.0. The first-order valence-corrected chi connectivity index (χ1v) is 9.55. The molecule has 5 saturated carbocycles. The molecule has 5 fully saturated rings. The molecule has 0 saturated heterocycles. The van der Waals surface area contributed by atoms with Crippen LogP contribution in [0.15, 0.2) is 0 Å². The minimum Gasteiger partial charge on any atom is -0.481 e. The molecule has 5 aliphatic carbocycles. The number of carboxylic acids is 1. The molecule has 5 aliphatic rings. The quantitative estimate of drug-likeness (QED) is 0.836. The van der Waals surface area contributed by atoms with Crippen molar-refractivity contribution in [3.05, 3.63) is 0 Å². The van der Waals surface area contributed by atoms with Gasteiger partial charge >= 0.3 is 5.97 Å². The molecule has 4 bridgehead atoms. The predicted molar refractivity (Wildman–Crippen MR) is 86.7 cm³/mol. The van der Waals surface area contributed by atoms with Crippen molar-refractivity contribution in [1.82, 2.24) is 5.32 Å². The zero-order valence-corrected chi connectivity index (χ0v) is 13.9. The van der Waals surface area contributed by atoms with Crippen molar-refractivity contribution in [3.63, 3.8) is 0 Å². The first kappa shape index (κ1) is 15.5. The number of aliphatic carboxylic acids is 1. The molecule has 0 heterocycles. The Balaban J connectivity index is 1.38. The minimum atomic E-state index is -0.792. The second-order valence-electron chi connectivity index (χ2n) is 8.97. The summed E-state index contributed by atoms with van der Waals surface area (Å²) in [5.41, 5.74) is 0.331. The van der Waals surface area contributed by atoms with E-state index in [2.05, 4.69) is 5.32 Å². The maximum Gasteiger partial charge on any atom is 0.307 e. The standard InChI is InChI=1S/C19H29NO3/c21-17(15-3-1-2-4-16(15)18(22)23)20-11-19-8-12-5-13(9-19)7-14(6-12)10-19/h12-16H,1-11H2,(H,20,21)(H,22,23). The van der Waals surface area contributed by atoms with Gasteiger partial charge in [-0.2, -0.15) is 0 Å². The predicted octanol–water partition coefficient (Wildman–Crippen LogP) is 3.21. The maximum absolute atomic E-state index is 12.6. The van der Waals surface area contributed by atoms with Crippen LogP contribution in [-0.2, 0) is 9.59 Å². The topological polar surface area (TPSA) is 66.4 Å². The van der Waals surface area contributed by atoms with Crippen LogP contribution in [0.25, 0.3) is 0 Å². The normalized spacial score (nSPS) is 45.0. The van der Waals surface area contributed by atoms with E-state index < -0.39 is 11.9 Å². The molecule has 0 radical (unpaired) electrons. The lowest BCUT2D eigenvalue weighted by Crippen LogP contribution is -2.52. The molecule has 4 nitrogen and oxygen atoms in total. The number of nitrogens with one attached hydrogen (secondary N) is 1. The summed E-state index contributed by atoms with van der Waals surface area (Å²) in [5, 5.41) is 12.6. The summed E-state index contributed by atoms with van der Waals surface area (Å²) in [7, 11) is 0. The Morgan fingerprint density at radius 2 is 1.43 bits per heavy atom. The van der Waals surface area contributed by atoms with Crippen LogP contribution in [0.5, 0.6) is 0 Å². The highest BCUT2D eigenvalue weighted by molar-refractivity contribution is 5.84. The number of hydrogen-bond acceptors (Lipinski definition) is 2. The van der Waals surface area contributed by atoms with Crippen molar-refractivity contribution in [2.75, 3.05) is 6.54 Å². The fourth-order valence-electron chi connectivity index (χ4n) is 6.65. The molecule has 0 aromatic heterocycles. The van der Waals surface area contributed by atoms with Crippen LogP contribution in [0.4, 0.5) is 0 Å². The lowest BCUT2D eigenvalue weighted by molar-refractivity contribution is -0.149. The first-order valence-electron chi connectivity index (χ1n) is 9.55. The summed E-state index contributed by atoms with van der Waals surface area (Å²) in [5.74, 6) is 1.10. The van der Waals surface area contributed by atoms with Crippen LogP contribution in [0.3, 0.4) is 0 Å². The minimum absolute atomic E-state index is 0.00726. The Hall–Kier alpha value is -1.06. The number of hydrogen-bond donors (Lipinski definition) is 2. The van der Waals surface area contributed by atoms with E-state index >= 15 is 0 Å². The van der Waals surface area contributed by atoms with Crippen LogP contribution in [0, 0.1) is 35.0 Å². The van der Waals surface area contributed by atoms with Gasteiger partial charge in [0.1, 0.15) is 0 Å². The fraction of sp³-hybridized carbons (Fsp3) is 0.895. The van der Waals surface area contributed by atoms with E-state index in [0.29, 0.717) is 11.8 Å². The SMILES string of the molecule is O=C(O)C1CCCCC1C(=O)NCC12CC3CC(CC(C3)C1)C2. The van der Waals surface area contributed by atoms with E-state index in [0.717, 1.165) is 43.6 Å². The van der Waals surface area contributed by atoms with Crippen molar-refractivity contribution in [2.45, 2.75) is 64.2 Å². The molecule has 0 aromatic carbocycles. The van der Waals surface area contributed by atoms with Gasteiger partial charge < -0.3 is 10.4 Å². The van der Waals surface area contributed by atoms with Crippen LogP contribution in [-0.4, -0.2) is 23.5 Å². The molecule has 128 valence electrons. The second-order valence-corrected chi connectivity index (χ2v) is 8.97. The molecule has 4 heteroatoms. The number of carbonyl (C=O) groups excluding carboxylic acids is 1.